The molecule has 1 aromatic rings. The molecule has 0 radical (unpaired) electrons. The van der Waals surface area contributed by atoms with Crippen molar-refractivity contribution in [1.29, 1.82) is 0 Å². The predicted octanol–water partition coefficient (Wildman–Crippen LogP) is 3.51. The lowest BCUT2D eigenvalue weighted by atomic mass is 9.85. The highest BCUT2D eigenvalue weighted by molar-refractivity contribution is 5.12. The molecule has 3 heteroatoms. The van der Waals surface area contributed by atoms with E-state index in [1.165, 1.54) is 37.8 Å². The van der Waals surface area contributed by atoms with E-state index in [9.17, 15) is 0 Å². The fourth-order valence-electron chi connectivity index (χ4n) is 3.59. The second-order valence-electron chi connectivity index (χ2n) is 6.29. The summed E-state index contributed by atoms with van der Waals surface area (Å²) in [5.74, 6) is 2.31. The Balaban J connectivity index is 1.72. The van der Waals surface area contributed by atoms with E-state index < -0.39 is 0 Å². The highest BCUT2D eigenvalue weighted by Crippen LogP contribution is 2.34. The fraction of sp³-hybridized carbons (Fsp3) is 0.750. The van der Waals surface area contributed by atoms with Crippen LogP contribution in [0.5, 0.6) is 0 Å². The first kappa shape index (κ1) is 13.0. The van der Waals surface area contributed by atoms with Crippen molar-refractivity contribution in [3.63, 3.8) is 0 Å². The molecule has 2 aliphatic rings. The van der Waals surface area contributed by atoms with E-state index in [2.05, 4.69) is 11.1 Å². The van der Waals surface area contributed by atoms with Gasteiger partial charge in [-0.3, -0.25) is 0 Å². The van der Waals surface area contributed by atoms with Crippen LogP contribution in [0.15, 0.2) is 12.3 Å². The average molecular weight is 259 g/mol. The molecule has 0 unspecified atom stereocenters. The molecular weight excluding hydrogens is 234 g/mol. The molecule has 0 amide bonds. The van der Waals surface area contributed by atoms with Gasteiger partial charge in [0.15, 0.2) is 0 Å². The minimum absolute atomic E-state index is 0.401. The van der Waals surface area contributed by atoms with E-state index in [4.69, 9.17) is 10.7 Å². The minimum Gasteiger partial charge on any atom is -0.328 e. The van der Waals surface area contributed by atoms with Crippen LogP contribution in [0.1, 0.15) is 81.1 Å². The van der Waals surface area contributed by atoms with Crippen LogP contribution in [0.2, 0.25) is 0 Å². The van der Waals surface area contributed by atoms with Gasteiger partial charge in [-0.05, 0) is 44.6 Å². The molecule has 2 N–H and O–H groups in total. The summed E-state index contributed by atoms with van der Waals surface area (Å²) >= 11 is 0. The third-order valence-corrected chi connectivity index (χ3v) is 4.86. The molecule has 3 nitrogen and oxygen atoms in total. The number of nitrogens with zero attached hydrogens (tertiary/aromatic N) is 2. The zero-order chi connectivity index (χ0) is 13.1. The summed E-state index contributed by atoms with van der Waals surface area (Å²) < 4.78 is 0. The van der Waals surface area contributed by atoms with Gasteiger partial charge in [0.2, 0.25) is 0 Å². The van der Waals surface area contributed by atoms with Gasteiger partial charge in [0.05, 0.1) is 0 Å². The highest BCUT2D eigenvalue weighted by Gasteiger charge is 2.23. The van der Waals surface area contributed by atoms with Gasteiger partial charge in [0, 0.05) is 29.8 Å². The first-order valence-electron chi connectivity index (χ1n) is 7.91. The Hall–Kier alpha value is -0.960. The van der Waals surface area contributed by atoms with Crippen molar-refractivity contribution in [2.45, 2.75) is 75.7 Å². The molecule has 3 rings (SSSR count). The zero-order valence-corrected chi connectivity index (χ0v) is 11.7. The molecule has 2 fully saturated rings. The predicted molar refractivity (Wildman–Crippen MR) is 77.0 cm³/mol. The zero-order valence-electron chi connectivity index (χ0n) is 11.7. The first-order chi connectivity index (χ1) is 9.33. The summed E-state index contributed by atoms with van der Waals surface area (Å²) in [4.78, 5) is 9.42. The Kier molecular flexibility index (Phi) is 4.12. The van der Waals surface area contributed by atoms with Gasteiger partial charge in [-0.15, -0.1) is 0 Å². The molecule has 104 valence electrons. The molecule has 2 aliphatic carbocycles. The van der Waals surface area contributed by atoms with Crippen LogP contribution in [0.25, 0.3) is 0 Å². The molecular formula is C16H25N3. The van der Waals surface area contributed by atoms with Crippen LogP contribution in [0.4, 0.5) is 0 Å². The van der Waals surface area contributed by atoms with Gasteiger partial charge >= 0.3 is 0 Å². The van der Waals surface area contributed by atoms with E-state index in [0.717, 1.165) is 31.5 Å². The molecule has 0 bridgehead atoms. The lowest BCUT2D eigenvalue weighted by Gasteiger charge is -2.26. The van der Waals surface area contributed by atoms with E-state index in [0.29, 0.717) is 17.9 Å². The Labute approximate surface area is 116 Å². The SMILES string of the molecule is NC1CCC(c2nccc(C3CCCCC3)n2)CC1. The van der Waals surface area contributed by atoms with Crippen LogP contribution in [-0.2, 0) is 0 Å². The number of nitrogens with two attached hydrogens (primary N) is 1. The van der Waals surface area contributed by atoms with Crippen molar-refractivity contribution in [1.82, 2.24) is 9.97 Å². The van der Waals surface area contributed by atoms with E-state index in [-0.39, 0.29) is 0 Å². The van der Waals surface area contributed by atoms with Gasteiger partial charge in [-0.1, -0.05) is 19.3 Å². The van der Waals surface area contributed by atoms with Crippen molar-refractivity contribution < 1.29 is 0 Å². The third kappa shape index (κ3) is 3.14. The van der Waals surface area contributed by atoms with Gasteiger partial charge in [0.1, 0.15) is 5.82 Å². The fourth-order valence-corrected chi connectivity index (χ4v) is 3.59. The summed E-state index contributed by atoms with van der Waals surface area (Å²) in [7, 11) is 0. The second-order valence-corrected chi connectivity index (χ2v) is 6.29. The van der Waals surface area contributed by atoms with Crippen LogP contribution >= 0.6 is 0 Å². The Morgan fingerprint density at radius 1 is 0.895 bits per heavy atom. The van der Waals surface area contributed by atoms with Crippen LogP contribution in [0, 0.1) is 0 Å². The lowest BCUT2D eigenvalue weighted by molar-refractivity contribution is 0.381. The Morgan fingerprint density at radius 2 is 1.63 bits per heavy atom. The summed E-state index contributed by atoms with van der Waals surface area (Å²) in [6.07, 6.45) is 13.3. The number of aromatic nitrogens is 2. The molecule has 0 aliphatic heterocycles. The topological polar surface area (TPSA) is 51.8 Å². The van der Waals surface area contributed by atoms with Crippen LogP contribution < -0.4 is 5.73 Å². The Bertz CT molecular complexity index is 404. The Morgan fingerprint density at radius 3 is 2.37 bits per heavy atom. The summed E-state index contributed by atoms with van der Waals surface area (Å²) in [5, 5.41) is 0. The summed E-state index contributed by atoms with van der Waals surface area (Å²) in [6, 6.07) is 2.53. The molecule has 0 spiro atoms. The molecule has 0 saturated heterocycles. The molecule has 0 aromatic carbocycles. The number of hydrogen-bond acceptors (Lipinski definition) is 3. The van der Waals surface area contributed by atoms with E-state index in [1.807, 2.05) is 6.20 Å². The van der Waals surface area contributed by atoms with Gasteiger partial charge in [0.25, 0.3) is 0 Å². The maximum Gasteiger partial charge on any atom is 0.131 e. The van der Waals surface area contributed by atoms with Crippen molar-refractivity contribution >= 4 is 0 Å². The first-order valence-corrected chi connectivity index (χ1v) is 7.91. The van der Waals surface area contributed by atoms with Gasteiger partial charge < -0.3 is 5.73 Å². The van der Waals surface area contributed by atoms with E-state index >= 15 is 0 Å². The molecule has 1 aromatic heterocycles. The van der Waals surface area contributed by atoms with Crippen molar-refractivity contribution in [2.75, 3.05) is 0 Å². The summed E-state index contributed by atoms with van der Waals surface area (Å²) in [5.41, 5.74) is 7.27. The highest BCUT2D eigenvalue weighted by atomic mass is 14.9. The number of hydrogen-bond donors (Lipinski definition) is 1. The monoisotopic (exact) mass is 259 g/mol. The van der Waals surface area contributed by atoms with Crippen LogP contribution in [0.3, 0.4) is 0 Å². The second kappa shape index (κ2) is 6.00. The van der Waals surface area contributed by atoms with Gasteiger partial charge in [-0.2, -0.15) is 0 Å². The molecule has 1 heterocycles. The molecule has 0 atom stereocenters. The van der Waals surface area contributed by atoms with Gasteiger partial charge in [-0.25, -0.2) is 9.97 Å². The quantitative estimate of drug-likeness (QED) is 0.884. The van der Waals surface area contributed by atoms with E-state index in [1.54, 1.807) is 0 Å². The largest absolute Gasteiger partial charge is 0.328 e. The standard InChI is InChI=1S/C16H25N3/c17-14-8-6-13(7-9-14)16-18-11-10-15(19-16)12-4-2-1-3-5-12/h10-14H,1-9,17H2. The molecule has 19 heavy (non-hydrogen) atoms. The third-order valence-electron chi connectivity index (χ3n) is 4.86. The average Bonchev–Trinajstić information content (AvgIpc) is 2.49. The minimum atomic E-state index is 0.401. The van der Waals surface area contributed by atoms with Crippen molar-refractivity contribution in [3.05, 3.63) is 23.8 Å². The smallest absolute Gasteiger partial charge is 0.131 e. The molecule has 2 saturated carbocycles. The lowest BCUT2D eigenvalue weighted by Crippen LogP contribution is -2.26. The maximum absolute atomic E-state index is 5.98. The summed E-state index contributed by atoms with van der Waals surface area (Å²) in [6.45, 7) is 0. The maximum atomic E-state index is 5.98. The van der Waals surface area contributed by atoms with Crippen LogP contribution in [-0.4, -0.2) is 16.0 Å². The normalized spacial score (nSPS) is 29.3. The number of rotatable bonds is 2. The van der Waals surface area contributed by atoms with Crippen molar-refractivity contribution in [2.24, 2.45) is 5.73 Å². The van der Waals surface area contributed by atoms with Crippen molar-refractivity contribution in [3.8, 4) is 0 Å².